The van der Waals surface area contributed by atoms with Crippen molar-refractivity contribution in [2.24, 2.45) is 0 Å². The molecule has 1 aromatic heterocycles. The number of rotatable bonds is 6. The van der Waals surface area contributed by atoms with Crippen LogP contribution in [0.3, 0.4) is 0 Å². The fourth-order valence-corrected chi connectivity index (χ4v) is 2.45. The van der Waals surface area contributed by atoms with Crippen molar-refractivity contribution in [2.75, 3.05) is 5.75 Å². The highest BCUT2D eigenvalue weighted by molar-refractivity contribution is 7.99. The maximum absolute atomic E-state index is 11.7. The van der Waals surface area contributed by atoms with Gasteiger partial charge in [-0.05, 0) is 29.8 Å². The Labute approximate surface area is 142 Å². The second-order valence-corrected chi connectivity index (χ2v) is 5.78. The van der Waals surface area contributed by atoms with Gasteiger partial charge in [0.1, 0.15) is 18.1 Å². The zero-order chi connectivity index (χ0) is 16.8. The van der Waals surface area contributed by atoms with E-state index in [-0.39, 0.29) is 29.3 Å². The third-order valence-electron chi connectivity index (χ3n) is 3.08. The molecular formula is C17H14N2O4S. The average Bonchev–Trinajstić information content (AvgIpc) is 3.09. The van der Waals surface area contributed by atoms with Gasteiger partial charge in [0.2, 0.25) is 5.89 Å². The highest BCUT2D eigenvalue weighted by Crippen LogP contribution is 2.24. The Balaban J connectivity index is 1.50. The van der Waals surface area contributed by atoms with Crippen molar-refractivity contribution < 1.29 is 19.1 Å². The van der Waals surface area contributed by atoms with Gasteiger partial charge in [0.25, 0.3) is 5.22 Å². The monoisotopic (exact) mass is 342 g/mol. The zero-order valence-electron chi connectivity index (χ0n) is 12.6. The number of benzene rings is 2. The summed E-state index contributed by atoms with van der Waals surface area (Å²) in [5.74, 6) is 0.224. The van der Waals surface area contributed by atoms with Gasteiger partial charge >= 0.3 is 5.97 Å². The summed E-state index contributed by atoms with van der Waals surface area (Å²) >= 11 is 1.12. The van der Waals surface area contributed by atoms with E-state index in [1.54, 1.807) is 12.1 Å². The number of thioether (sulfide) groups is 1. The van der Waals surface area contributed by atoms with E-state index in [4.69, 9.17) is 9.15 Å². The van der Waals surface area contributed by atoms with Crippen LogP contribution in [0.15, 0.2) is 64.2 Å². The molecule has 0 saturated carbocycles. The van der Waals surface area contributed by atoms with Crippen LogP contribution in [0.5, 0.6) is 5.75 Å². The Morgan fingerprint density at radius 1 is 1.08 bits per heavy atom. The SMILES string of the molecule is O=C(CSc1nnc(-c2ccc(O)cc2)o1)OCc1ccccc1. The van der Waals surface area contributed by atoms with Crippen molar-refractivity contribution in [3.63, 3.8) is 0 Å². The summed E-state index contributed by atoms with van der Waals surface area (Å²) < 4.78 is 10.7. The van der Waals surface area contributed by atoms with Crippen molar-refractivity contribution in [1.29, 1.82) is 0 Å². The minimum Gasteiger partial charge on any atom is -0.508 e. The van der Waals surface area contributed by atoms with Crippen molar-refractivity contribution in [1.82, 2.24) is 10.2 Å². The van der Waals surface area contributed by atoms with E-state index in [1.807, 2.05) is 30.3 Å². The van der Waals surface area contributed by atoms with Crippen LogP contribution in [-0.4, -0.2) is 27.0 Å². The molecule has 0 saturated heterocycles. The molecule has 6 nitrogen and oxygen atoms in total. The Kier molecular flexibility index (Phi) is 5.12. The zero-order valence-corrected chi connectivity index (χ0v) is 13.4. The van der Waals surface area contributed by atoms with Gasteiger partial charge in [-0.1, -0.05) is 42.1 Å². The number of esters is 1. The van der Waals surface area contributed by atoms with Crippen LogP contribution in [0.25, 0.3) is 11.5 Å². The second kappa shape index (κ2) is 7.65. The fourth-order valence-electron chi connectivity index (χ4n) is 1.89. The smallest absolute Gasteiger partial charge is 0.316 e. The highest BCUT2D eigenvalue weighted by atomic mass is 32.2. The molecule has 0 bridgehead atoms. The van der Waals surface area contributed by atoms with E-state index in [2.05, 4.69) is 10.2 Å². The van der Waals surface area contributed by atoms with E-state index < -0.39 is 0 Å². The number of carbonyl (C=O) groups excluding carboxylic acids is 1. The number of carbonyl (C=O) groups is 1. The maximum atomic E-state index is 11.7. The van der Waals surface area contributed by atoms with Crippen LogP contribution in [0.1, 0.15) is 5.56 Å². The number of nitrogens with zero attached hydrogens (tertiary/aromatic N) is 2. The Morgan fingerprint density at radius 2 is 1.83 bits per heavy atom. The van der Waals surface area contributed by atoms with Gasteiger partial charge in [0, 0.05) is 5.56 Å². The molecule has 0 radical (unpaired) electrons. The third-order valence-corrected chi connectivity index (χ3v) is 3.87. The summed E-state index contributed by atoms with van der Waals surface area (Å²) in [6.45, 7) is 0.239. The first-order chi connectivity index (χ1) is 11.7. The summed E-state index contributed by atoms with van der Waals surface area (Å²) in [6.07, 6.45) is 0. The van der Waals surface area contributed by atoms with Crippen LogP contribution < -0.4 is 0 Å². The fraction of sp³-hybridized carbons (Fsp3) is 0.118. The number of hydrogen-bond donors (Lipinski definition) is 1. The first-order valence-electron chi connectivity index (χ1n) is 7.16. The molecule has 0 amide bonds. The quantitative estimate of drug-likeness (QED) is 0.543. The summed E-state index contributed by atoms with van der Waals surface area (Å²) in [6, 6.07) is 15.9. The molecule has 3 aromatic rings. The first kappa shape index (κ1) is 16.1. The summed E-state index contributed by atoms with van der Waals surface area (Å²) in [5.41, 5.74) is 1.63. The summed E-state index contributed by atoms with van der Waals surface area (Å²) in [5, 5.41) is 17.3. The van der Waals surface area contributed by atoms with Gasteiger partial charge in [0.05, 0.1) is 0 Å². The van der Waals surface area contributed by atoms with Crippen molar-refractivity contribution in [3.05, 3.63) is 60.2 Å². The van der Waals surface area contributed by atoms with Crippen LogP contribution >= 0.6 is 11.8 Å². The topological polar surface area (TPSA) is 85.5 Å². The van der Waals surface area contributed by atoms with Crippen LogP contribution in [-0.2, 0) is 16.1 Å². The normalized spacial score (nSPS) is 10.5. The summed E-state index contributed by atoms with van der Waals surface area (Å²) in [7, 11) is 0. The van der Waals surface area contributed by atoms with E-state index in [1.165, 1.54) is 12.1 Å². The molecule has 0 fully saturated rings. The molecule has 0 spiro atoms. The summed E-state index contributed by atoms with van der Waals surface area (Å²) in [4.78, 5) is 11.7. The molecule has 0 aliphatic carbocycles. The molecule has 7 heteroatoms. The molecule has 0 atom stereocenters. The molecule has 0 unspecified atom stereocenters. The largest absolute Gasteiger partial charge is 0.508 e. The maximum Gasteiger partial charge on any atom is 0.316 e. The lowest BCUT2D eigenvalue weighted by atomic mass is 10.2. The minimum absolute atomic E-state index is 0.0873. The van der Waals surface area contributed by atoms with Crippen LogP contribution in [0.2, 0.25) is 0 Å². The van der Waals surface area contributed by atoms with Gasteiger partial charge in [0.15, 0.2) is 0 Å². The van der Waals surface area contributed by atoms with Gasteiger partial charge in [-0.15, -0.1) is 10.2 Å². The van der Waals surface area contributed by atoms with Crippen LogP contribution in [0, 0.1) is 0 Å². The van der Waals surface area contributed by atoms with E-state index in [0.717, 1.165) is 17.3 Å². The van der Waals surface area contributed by atoms with Gasteiger partial charge in [-0.3, -0.25) is 4.79 Å². The van der Waals surface area contributed by atoms with Crippen molar-refractivity contribution >= 4 is 17.7 Å². The van der Waals surface area contributed by atoms with E-state index >= 15 is 0 Å². The number of aromatic nitrogens is 2. The predicted octanol–water partition coefficient (Wildman–Crippen LogP) is 3.28. The molecule has 0 aliphatic rings. The Morgan fingerprint density at radius 3 is 2.58 bits per heavy atom. The molecular weight excluding hydrogens is 328 g/mol. The lowest BCUT2D eigenvalue weighted by Gasteiger charge is -2.03. The van der Waals surface area contributed by atoms with E-state index in [0.29, 0.717) is 11.5 Å². The average molecular weight is 342 g/mol. The standard InChI is InChI=1S/C17H14N2O4S/c20-14-8-6-13(7-9-14)16-18-19-17(23-16)24-11-15(21)22-10-12-4-2-1-3-5-12/h1-9,20H,10-11H2. The van der Waals surface area contributed by atoms with Crippen molar-refractivity contribution in [2.45, 2.75) is 11.8 Å². The third kappa shape index (κ3) is 4.36. The molecule has 24 heavy (non-hydrogen) atoms. The molecule has 0 aliphatic heterocycles. The Hall–Kier alpha value is -2.80. The molecule has 122 valence electrons. The number of ether oxygens (including phenoxy) is 1. The Bertz CT molecular complexity index is 803. The van der Waals surface area contributed by atoms with Crippen molar-refractivity contribution in [3.8, 4) is 17.2 Å². The second-order valence-electron chi connectivity index (χ2n) is 4.85. The molecule has 2 aromatic carbocycles. The lowest BCUT2D eigenvalue weighted by molar-refractivity contribution is -0.141. The lowest BCUT2D eigenvalue weighted by Crippen LogP contribution is -2.07. The van der Waals surface area contributed by atoms with Gasteiger partial charge in [-0.25, -0.2) is 0 Å². The minimum atomic E-state index is -0.353. The number of aromatic hydroxyl groups is 1. The molecule has 3 rings (SSSR count). The van der Waals surface area contributed by atoms with Crippen LogP contribution in [0.4, 0.5) is 0 Å². The van der Waals surface area contributed by atoms with Gasteiger partial charge in [-0.2, -0.15) is 0 Å². The van der Waals surface area contributed by atoms with E-state index in [9.17, 15) is 9.90 Å². The molecule has 1 heterocycles. The highest BCUT2D eigenvalue weighted by Gasteiger charge is 2.12. The number of phenolic OH excluding ortho intramolecular Hbond substituents is 1. The van der Waals surface area contributed by atoms with Gasteiger partial charge < -0.3 is 14.3 Å². The first-order valence-corrected chi connectivity index (χ1v) is 8.14. The predicted molar refractivity (Wildman–Crippen MR) is 88.4 cm³/mol. The molecule has 1 N–H and O–H groups in total. The number of hydrogen-bond acceptors (Lipinski definition) is 7. The number of phenols is 1.